The van der Waals surface area contributed by atoms with Crippen LogP contribution in [-0.4, -0.2) is 34.5 Å². The number of amides is 1. The van der Waals surface area contributed by atoms with Gasteiger partial charge in [0, 0.05) is 19.0 Å². The van der Waals surface area contributed by atoms with Gasteiger partial charge in [0.25, 0.3) is 0 Å². The highest BCUT2D eigenvalue weighted by molar-refractivity contribution is 5.81. The first-order valence-corrected chi connectivity index (χ1v) is 9.55. The van der Waals surface area contributed by atoms with Crippen molar-refractivity contribution >= 4 is 16.9 Å². The van der Waals surface area contributed by atoms with Crippen LogP contribution in [-0.2, 0) is 24.4 Å². The van der Waals surface area contributed by atoms with E-state index < -0.39 is 0 Å². The summed E-state index contributed by atoms with van der Waals surface area (Å²) >= 11 is 0. The van der Waals surface area contributed by atoms with E-state index in [9.17, 15) is 4.79 Å². The number of hydrogen-bond acceptors (Lipinski definition) is 3. The molecule has 1 amide bonds. The average molecular weight is 362 g/mol. The summed E-state index contributed by atoms with van der Waals surface area (Å²) in [6.07, 6.45) is 2.34. The number of carbonyl (C=O) groups excluding carboxylic acids is 1. The maximum absolute atomic E-state index is 12.7. The zero-order valence-electron chi connectivity index (χ0n) is 16.0. The molecule has 1 heterocycles. The number of para-hydroxylation sites is 2. The van der Waals surface area contributed by atoms with Crippen LogP contribution in [0.3, 0.4) is 0 Å². The second kappa shape index (κ2) is 7.53. The average Bonchev–Trinajstić information content (AvgIpc) is 3.44. The van der Waals surface area contributed by atoms with E-state index in [1.165, 1.54) is 18.4 Å². The second-order valence-corrected chi connectivity index (χ2v) is 7.60. The van der Waals surface area contributed by atoms with Gasteiger partial charge in [0.15, 0.2) is 0 Å². The molecule has 140 valence electrons. The molecule has 5 heteroatoms. The van der Waals surface area contributed by atoms with Crippen molar-refractivity contribution in [2.75, 3.05) is 14.1 Å². The molecule has 1 saturated carbocycles. The van der Waals surface area contributed by atoms with Crippen molar-refractivity contribution in [2.45, 2.75) is 38.4 Å². The summed E-state index contributed by atoms with van der Waals surface area (Å²) in [7, 11) is 4.11. The monoisotopic (exact) mass is 362 g/mol. The molecule has 1 aliphatic rings. The van der Waals surface area contributed by atoms with Crippen LogP contribution in [0.15, 0.2) is 48.5 Å². The molecule has 2 aromatic carbocycles. The van der Waals surface area contributed by atoms with Crippen LogP contribution in [0.2, 0.25) is 0 Å². The maximum Gasteiger partial charge on any atom is 0.240 e. The summed E-state index contributed by atoms with van der Waals surface area (Å²) in [6, 6.07) is 16.3. The van der Waals surface area contributed by atoms with Crippen LogP contribution in [0.4, 0.5) is 0 Å². The number of nitrogens with zero attached hydrogens (tertiary/aromatic N) is 3. The van der Waals surface area contributed by atoms with Crippen LogP contribution < -0.4 is 5.32 Å². The SMILES string of the molecule is CN(C)Cc1ccccc1CNC(=O)Cn1c(C2CC2)nc2ccccc21. The number of imidazole rings is 1. The predicted octanol–water partition coefficient (Wildman–Crippen LogP) is 3.29. The number of benzene rings is 2. The van der Waals surface area contributed by atoms with Crippen molar-refractivity contribution in [1.29, 1.82) is 0 Å². The third-order valence-electron chi connectivity index (χ3n) is 5.01. The van der Waals surface area contributed by atoms with Gasteiger partial charge in [-0.3, -0.25) is 4.79 Å². The topological polar surface area (TPSA) is 50.2 Å². The summed E-state index contributed by atoms with van der Waals surface area (Å²) in [4.78, 5) is 19.6. The predicted molar refractivity (Wildman–Crippen MR) is 107 cm³/mol. The Morgan fingerprint density at radius 2 is 1.81 bits per heavy atom. The van der Waals surface area contributed by atoms with Gasteiger partial charge in [0.2, 0.25) is 5.91 Å². The minimum Gasteiger partial charge on any atom is -0.350 e. The molecular weight excluding hydrogens is 336 g/mol. The fourth-order valence-electron chi connectivity index (χ4n) is 3.53. The largest absolute Gasteiger partial charge is 0.350 e. The van der Waals surface area contributed by atoms with Gasteiger partial charge in [-0.05, 0) is 50.2 Å². The van der Waals surface area contributed by atoms with E-state index in [0.29, 0.717) is 19.0 Å². The first-order chi connectivity index (χ1) is 13.1. The quantitative estimate of drug-likeness (QED) is 0.702. The van der Waals surface area contributed by atoms with Crippen LogP contribution in [0.25, 0.3) is 11.0 Å². The van der Waals surface area contributed by atoms with Crippen LogP contribution in [0, 0.1) is 0 Å². The summed E-state index contributed by atoms with van der Waals surface area (Å²) in [5.41, 5.74) is 4.43. The highest BCUT2D eigenvalue weighted by Gasteiger charge is 2.30. The van der Waals surface area contributed by atoms with Gasteiger partial charge in [-0.15, -0.1) is 0 Å². The maximum atomic E-state index is 12.7. The zero-order valence-corrected chi connectivity index (χ0v) is 16.0. The van der Waals surface area contributed by atoms with Gasteiger partial charge in [-0.25, -0.2) is 4.98 Å². The van der Waals surface area contributed by atoms with Gasteiger partial charge in [0.05, 0.1) is 11.0 Å². The molecule has 0 atom stereocenters. The number of nitrogens with one attached hydrogen (secondary N) is 1. The molecule has 0 bridgehead atoms. The number of aromatic nitrogens is 2. The summed E-state index contributed by atoms with van der Waals surface area (Å²) in [5, 5.41) is 3.10. The molecule has 1 aliphatic carbocycles. The lowest BCUT2D eigenvalue weighted by atomic mass is 10.1. The molecule has 0 unspecified atom stereocenters. The number of carbonyl (C=O) groups is 1. The Hall–Kier alpha value is -2.66. The van der Waals surface area contributed by atoms with Gasteiger partial charge in [-0.1, -0.05) is 36.4 Å². The van der Waals surface area contributed by atoms with Crippen molar-refractivity contribution in [3.05, 3.63) is 65.5 Å². The first-order valence-electron chi connectivity index (χ1n) is 9.55. The molecule has 5 nitrogen and oxygen atoms in total. The molecule has 1 aromatic heterocycles. The van der Waals surface area contributed by atoms with Crippen molar-refractivity contribution in [2.24, 2.45) is 0 Å². The van der Waals surface area contributed by atoms with E-state index in [0.717, 1.165) is 29.0 Å². The molecule has 1 fully saturated rings. The fraction of sp³-hybridized carbons (Fsp3) is 0.364. The molecule has 1 N–H and O–H groups in total. The van der Waals surface area contributed by atoms with Crippen molar-refractivity contribution in [1.82, 2.24) is 19.8 Å². The van der Waals surface area contributed by atoms with E-state index >= 15 is 0 Å². The Kier molecular flexibility index (Phi) is 4.94. The third-order valence-corrected chi connectivity index (χ3v) is 5.01. The molecule has 0 aliphatic heterocycles. The number of fused-ring (bicyclic) bond motifs is 1. The molecule has 3 aromatic rings. The van der Waals surface area contributed by atoms with Crippen molar-refractivity contribution in [3.63, 3.8) is 0 Å². The highest BCUT2D eigenvalue weighted by atomic mass is 16.1. The summed E-state index contributed by atoms with van der Waals surface area (Å²) in [5.74, 6) is 1.59. The summed E-state index contributed by atoms with van der Waals surface area (Å²) in [6.45, 7) is 1.74. The number of rotatable bonds is 7. The molecular formula is C22H26N4O. The minimum atomic E-state index is 0.0275. The van der Waals surface area contributed by atoms with E-state index in [4.69, 9.17) is 4.98 Å². The standard InChI is InChI=1S/C22H26N4O/c1-25(2)14-18-8-4-3-7-17(18)13-23-21(27)15-26-20-10-6-5-9-19(20)24-22(26)16-11-12-16/h3-10,16H,11-15H2,1-2H3,(H,23,27). The fourth-order valence-corrected chi connectivity index (χ4v) is 3.53. The highest BCUT2D eigenvalue weighted by Crippen LogP contribution is 2.40. The van der Waals surface area contributed by atoms with E-state index in [-0.39, 0.29) is 5.91 Å². The second-order valence-electron chi connectivity index (χ2n) is 7.60. The lowest BCUT2D eigenvalue weighted by Crippen LogP contribution is -2.28. The Morgan fingerprint density at radius 3 is 2.56 bits per heavy atom. The molecule has 0 spiro atoms. The van der Waals surface area contributed by atoms with E-state index in [1.54, 1.807) is 0 Å². The molecule has 4 rings (SSSR count). The van der Waals surface area contributed by atoms with Crippen LogP contribution in [0.1, 0.15) is 35.7 Å². The lowest BCUT2D eigenvalue weighted by molar-refractivity contribution is -0.121. The number of hydrogen-bond donors (Lipinski definition) is 1. The van der Waals surface area contributed by atoms with Gasteiger partial charge in [0.1, 0.15) is 12.4 Å². The lowest BCUT2D eigenvalue weighted by Gasteiger charge is -2.15. The molecule has 27 heavy (non-hydrogen) atoms. The van der Waals surface area contributed by atoms with Gasteiger partial charge in [-0.2, -0.15) is 0 Å². The first kappa shape index (κ1) is 17.7. The Balaban J connectivity index is 1.48. The van der Waals surface area contributed by atoms with E-state index in [2.05, 4.69) is 41.0 Å². The van der Waals surface area contributed by atoms with Crippen LogP contribution in [0.5, 0.6) is 0 Å². The van der Waals surface area contributed by atoms with Gasteiger partial charge >= 0.3 is 0 Å². The van der Waals surface area contributed by atoms with Gasteiger partial charge < -0.3 is 14.8 Å². The zero-order chi connectivity index (χ0) is 18.8. The third kappa shape index (κ3) is 4.03. The Labute approximate surface area is 160 Å². The molecule has 0 saturated heterocycles. The van der Waals surface area contributed by atoms with Crippen molar-refractivity contribution < 1.29 is 4.79 Å². The van der Waals surface area contributed by atoms with Crippen LogP contribution >= 0.6 is 0 Å². The van der Waals surface area contributed by atoms with E-state index in [1.807, 2.05) is 36.4 Å². The minimum absolute atomic E-state index is 0.0275. The smallest absolute Gasteiger partial charge is 0.240 e. The molecule has 0 radical (unpaired) electrons. The Bertz CT molecular complexity index is 956. The normalized spacial score (nSPS) is 14.0. The van der Waals surface area contributed by atoms with Crippen molar-refractivity contribution in [3.8, 4) is 0 Å². The Morgan fingerprint density at radius 1 is 1.11 bits per heavy atom. The summed E-state index contributed by atoms with van der Waals surface area (Å²) < 4.78 is 2.09.